The van der Waals surface area contributed by atoms with Crippen LogP contribution in [0.2, 0.25) is 0 Å². The Labute approximate surface area is 167 Å². The summed E-state index contributed by atoms with van der Waals surface area (Å²) in [5, 5.41) is 0. The van der Waals surface area contributed by atoms with E-state index in [2.05, 4.69) is 30.9 Å². The molecule has 0 aliphatic carbocycles. The van der Waals surface area contributed by atoms with Crippen LogP contribution in [0.5, 0.6) is 0 Å². The fourth-order valence-corrected chi connectivity index (χ4v) is 3.12. The van der Waals surface area contributed by atoms with E-state index in [-0.39, 0.29) is 29.9 Å². The van der Waals surface area contributed by atoms with Gasteiger partial charge in [0.25, 0.3) is 0 Å². The molecule has 0 atom stereocenters. The first kappa shape index (κ1) is 25.9. The average Bonchev–Trinajstić information content (AvgIpc) is 2.53. The zero-order valence-corrected chi connectivity index (χ0v) is 15.8. The van der Waals surface area contributed by atoms with E-state index in [1.165, 1.54) is 89.9 Å². The molecule has 0 heterocycles. The van der Waals surface area contributed by atoms with Gasteiger partial charge in [-0.3, -0.25) is 4.79 Å². The molecular weight excluding hydrogens is 411 g/mol. The molecule has 0 fully saturated rings. The van der Waals surface area contributed by atoms with Crippen molar-refractivity contribution < 1.29 is 8.98 Å². The van der Waals surface area contributed by atoms with Crippen LogP contribution in [0.1, 0.15) is 110 Å². The molecule has 0 aliphatic heterocycles. The SMILES string of the molecule is CCCCCCCCC(CCCCCCCC)CC(=O)OS.[SnH4]. The number of thiol groups is 1. The number of hydrogen-bond acceptors (Lipinski definition) is 3. The van der Waals surface area contributed by atoms with Crippen molar-refractivity contribution in [3.05, 3.63) is 0 Å². The molecule has 0 aromatic heterocycles. The predicted molar refractivity (Wildman–Crippen MR) is 111 cm³/mol. The molecule has 4 heteroatoms. The van der Waals surface area contributed by atoms with Crippen LogP contribution >= 0.6 is 12.9 Å². The predicted octanol–water partition coefficient (Wildman–Crippen LogP) is 5.43. The number of carbonyl (C=O) groups excluding carboxylic acids is 1. The Kier molecular flexibility index (Phi) is 23.2. The third-order valence-electron chi connectivity index (χ3n) is 4.49. The van der Waals surface area contributed by atoms with Gasteiger partial charge in [0.1, 0.15) is 0 Å². The Hall–Kier alpha value is 0.619. The van der Waals surface area contributed by atoms with Crippen LogP contribution < -0.4 is 0 Å². The standard InChI is InChI=1S/C19H38O2S.Sn.4H/c1-3-5-7-9-11-13-15-18(17-19(20)21-22)16-14-12-10-8-6-4-2;;;;;/h18,22H,3-17H2,1-2H3;;;;;. The van der Waals surface area contributed by atoms with Crippen molar-refractivity contribution >= 4 is 42.8 Å². The van der Waals surface area contributed by atoms with Crippen LogP contribution in [-0.4, -0.2) is 29.9 Å². The third-order valence-corrected chi connectivity index (χ3v) is 4.69. The first-order valence-electron chi connectivity index (χ1n) is 9.58. The molecular formula is C19H42O2SSn. The summed E-state index contributed by atoms with van der Waals surface area (Å²) in [6.45, 7) is 4.50. The second-order valence-corrected chi connectivity index (χ2v) is 6.83. The fraction of sp³-hybridized carbons (Fsp3) is 0.947. The summed E-state index contributed by atoms with van der Waals surface area (Å²) >= 11 is 3.64. The van der Waals surface area contributed by atoms with Gasteiger partial charge in [-0.1, -0.05) is 90.9 Å². The van der Waals surface area contributed by atoms with Crippen LogP contribution in [0.3, 0.4) is 0 Å². The molecule has 0 N–H and O–H groups in total. The molecule has 0 amide bonds. The maximum atomic E-state index is 11.5. The fourth-order valence-electron chi connectivity index (χ4n) is 3.05. The Bertz CT molecular complexity index is 234. The molecule has 0 aliphatic rings. The van der Waals surface area contributed by atoms with Crippen molar-refractivity contribution in [3.8, 4) is 0 Å². The first-order valence-corrected chi connectivity index (χ1v) is 9.95. The quantitative estimate of drug-likeness (QED) is 0.146. The topological polar surface area (TPSA) is 26.3 Å². The summed E-state index contributed by atoms with van der Waals surface area (Å²) in [4.78, 5) is 11.5. The number of rotatable bonds is 16. The van der Waals surface area contributed by atoms with Crippen molar-refractivity contribution in [2.24, 2.45) is 5.92 Å². The van der Waals surface area contributed by atoms with Crippen molar-refractivity contribution in [1.82, 2.24) is 0 Å². The molecule has 0 radical (unpaired) electrons. The minimum absolute atomic E-state index is 0. The molecule has 0 rings (SSSR count). The van der Waals surface area contributed by atoms with Gasteiger partial charge in [0, 0.05) is 19.3 Å². The molecule has 0 spiro atoms. The van der Waals surface area contributed by atoms with Crippen LogP contribution in [0.15, 0.2) is 0 Å². The summed E-state index contributed by atoms with van der Waals surface area (Å²) in [7, 11) is 0. The molecule has 0 aromatic rings. The normalized spacial score (nSPS) is 10.6. The Morgan fingerprint density at radius 1 is 0.783 bits per heavy atom. The van der Waals surface area contributed by atoms with Gasteiger partial charge in [0.05, 0.1) is 0 Å². The van der Waals surface area contributed by atoms with Crippen molar-refractivity contribution in [2.75, 3.05) is 0 Å². The zero-order chi connectivity index (χ0) is 16.5. The molecule has 0 unspecified atom stereocenters. The Morgan fingerprint density at radius 3 is 1.57 bits per heavy atom. The van der Waals surface area contributed by atoms with Gasteiger partial charge in [0.2, 0.25) is 0 Å². The Balaban J connectivity index is 0. The number of carbonyl (C=O) groups is 1. The van der Waals surface area contributed by atoms with E-state index in [0.29, 0.717) is 12.3 Å². The molecule has 23 heavy (non-hydrogen) atoms. The summed E-state index contributed by atoms with van der Waals surface area (Å²) in [6, 6.07) is 0. The van der Waals surface area contributed by atoms with E-state index in [1.54, 1.807) is 0 Å². The first-order chi connectivity index (χ1) is 10.7. The summed E-state index contributed by atoms with van der Waals surface area (Å²) < 4.78 is 4.56. The van der Waals surface area contributed by atoms with E-state index < -0.39 is 0 Å². The van der Waals surface area contributed by atoms with E-state index in [1.807, 2.05) is 0 Å². The average molecular weight is 453 g/mol. The van der Waals surface area contributed by atoms with Gasteiger partial charge in [-0.25, -0.2) is 0 Å². The summed E-state index contributed by atoms with van der Waals surface area (Å²) in [6.07, 6.45) is 18.7. The second kappa shape index (κ2) is 20.7. The minimum atomic E-state index is -0.162. The van der Waals surface area contributed by atoms with Gasteiger partial charge in [-0.2, -0.15) is 0 Å². The van der Waals surface area contributed by atoms with Crippen molar-refractivity contribution in [2.45, 2.75) is 110 Å². The van der Waals surface area contributed by atoms with Crippen molar-refractivity contribution in [3.63, 3.8) is 0 Å². The molecule has 0 saturated heterocycles. The van der Waals surface area contributed by atoms with Gasteiger partial charge in [-0.15, -0.1) is 0 Å². The zero-order valence-electron chi connectivity index (χ0n) is 14.9. The molecule has 0 aromatic carbocycles. The molecule has 0 saturated carbocycles. The van der Waals surface area contributed by atoms with E-state index in [4.69, 9.17) is 0 Å². The Morgan fingerprint density at radius 2 is 1.17 bits per heavy atom. The monoisotopic (exact) mass is 454 g/mol. The molecule has 140 valence electrons. The van der Waals surface area contributed by atoms with E-state index in [0.717, 1.165) is 0 Å². The van der Waals surface area contributed by atoms with Crippen LogP contribution in [0.4, 0.5) is 0 Å². The van der Waals surface area contributed by atoms with E-state index in [9.17, 15) is 4.79 Å². The van der Waals surface area contributed by atoms with E-state index >= 15 is 0 Å². The van der Waals surface area contributed by atoms with Gasteiger partial charge < -0.3 is 4.18 Å². The second-order valence-electron chi connectivity index (χ2n) is 6.65. The summed E-state index contributed by atoms with van der Waals surface area (Å²) in [5.74, 6) is 0.335. The van der Waals surface area contributed by atoms with Crippen LogP contribution in [-0.2, 0) is 8.98 Å². The van der Waals surface area contributed by atoms with Gasteiger partial charge in [-0.05, 0) is 18.8 Å². The summed E-state index contributed by atoms with van der Waals surface area (Å²) in [5.41, 5.74) is 0. The molecule has 0 bridgehead atoms. The van der Waals surface area contributed by atoms with Crippen LogP contribution in [0.25, 0.3) is 0 Å². The van der Waals surface area contributed by atoms with Crippen LogP contribution in [0, 0.1) is 5.92 Å². The van der Waals surface area contributed by atoms with Crippen molar-refractivity contribution in [1.29, 1.82) is 0 Å². The molecule has 2 nitrogen and oxygen atoms in total. The van der Waals surface area contributed by atoms with Gasteiger partial charge in [0.15, 0.2) is 0 Å². The maximum absolute atomic E-state index is 11.5. The third kappa shape index (κ3) is 18.8. The van der Waals surface area contributed by atoms with Gasteiger partial charge >= 0.3 is 29.9 Å². The number of hydrogen-bond donors (Lipinski definition) is 1. The number of unbranched alkanes of at least 4 members (excludes halogenated alkanes) is 10.